The first-order valence-corrected chi connectivity index (χ1v) is 6.62. The lowest BCUT2D eigenvalue weighted by atomic mass is 9.94. The quantitative estimate of drug-likeness (QED) is 0.794. The van der Waals surface area contributed by atoms with E-state index in [4.69, 9.17) is 0 Å². The third-order valence-electron chi connectivity index (χ3n) is 4.20. The van der Waals surface area contributed by atoms with Gasteiger partial charge in [-0.3, -0.25) is 4.68 Å². The summed E-state index contributed by atoms with van der Waals surface area (Å²) in [5.41, 5.74) is 1.56. The molecule has 0 amide bonds. The van der Waals surface area contributed by atoms with Crippen LogP contribution in [-0.4, -0.2) is 35.5 Å². The number of nitrogens with one attached hydrogen (secondary N) is 1. The van der Waals surface area contributed by atoms with Crippen molar-refractivity contribution < 1.29 is 0 Å². The van der Waals surface area contributed by atoms with Crippen LogP contribution >= 0.6 is 0 Å². The van der Waals surface area contributed by atoms with Crippen LogP contribution in [-0.2, 0) is 7.05 Å². The van der Waals surface area contributed by atoms with Crippen molar-refractivity contribution >= 4 is 5.82 Å². The van der Waals surface area contributed by atoms with E-state index in [1.54, 1.807) is 0 Å². The Balaban J connectivity index is 1.90. The summed E-state index contributed by atoms with van der Waals surface area (Å²) in [6.45, 7) is 5.08. The molecule has 5 nitrogen and oxygen atoms in total. The smallest absolute Gasteiger partial charge is 0.145 e. The van der Waals surface area contributed by atoms with Gasteiger partial charge >= 0.3 is 0 Å². The van der Waals surface area contributed by atoms with Crippen LogP contribution in [0.5, 0.6) is 0 Å². The zero-order valence-electron chi connectivity index (χ0n) is 11.0. The van der Waals surface area contributed by atoms with Crippen LogP contribution in [0.15, 0.2) is 0 Å². The summed E-state index contributed by atoms with van der Waals surface area (Å²) >= 11 is 0. The second-order valence-corrected chi connectivity index (χ2v) is 5.39. The second kappa shape index (κ2) is 4.29. The van der Waals surface area contributed by atoms with Gasteiger partial charge in [-0.15, -0.1) is 0 Å². The number of fused-ring (bicyclic) bond motifs is 1. The monoisotopic (exact) mass is 245 g/mol. The van der Waals surface area contributed by atoms with Crippen LogP contribution in [0.2, 0.25) is 0 Å². The van der Waals surface area contributed by atoms with Crippen molar-refractivity contribution in [1.82, 2.24) is 15.1 Å². The van der Waals surface area contributed by atoms with Gasteiger partial charge in [0.25, 0.3) is 0 Å². The molecule has 2 saturated heterocycles. The predicted molar refractivity (Wildman–Crippen MR) is 69.4 cm³/mol. The lowest BCUT2D eigenvalue weighted by molar-refractivity contribution is 0.340. The van der Waals surface area contributed by atoms with Crippen molar-refractivity contribution in [1.29, 1.82) is 5.26 Å². The Kier molecular flexibility index (Phi) is 2.75. The van der Waals surface area contributed by atoms with Crippen molar-refractivity contribution in [2.45, 2.75) is 25.8 Å². The normalized spacial score (nSPS) is 27.1. The van der Waals surface area contributed by atoms with E-state index in [1.165, 1.54) is 12.8 Å². The number of hydrogen-bond acceptors (Lipinski definition) is 4. The molecule has 0 bridgehead atoms. The van der Waals surface area contributed by atoms with Gasteiger partial charge in [0.15, 0.2) is 0 Å². The Hall–Kier alpha value is -1.54. The van der Waals surface area contributed by atoms with Crippen LogP contribution in [0.25, 0.3) is 0 Å². The number of hydrogen-bond donors (Lipinski definition) is 1. The standard InChI is InChI=1S/C13H19N5/c1-9-11(6-14)13(17(2)16-9)18-7-10-4-3-5-15-12(10)8-18/h10,12,15H,3-5,7-8H2,1-2H3/t10-,12+/m0/s1. The van der Waals surface area contributed by atoms with Crippen molar-refractivity contribution in [3.8, 4) is 6.07 Å². The van der Waals surface area contributed by atoms with Crippen molar-refractivity contribution in [3.63, 3.8) is 0 Å². The van der Waals surface area contributed by atoms with E-state index in [2.05, 4.69) is 21.4 Å². The molecule has 3 heterocycles. The predicted octanol–water partition coefficient (Wildman–Crippen LogP) is 0.788. The number of aryl methyl sites for hydroxylation is 2. The highest BCUT2D eigenvalue weighted by Crippen LogP contribution is 2.31. The van der Waals surface area contributed by atoms with Crippen LogP contribution < -0.4 is 10.2 Å². The minimum Gasteiger partial charge on any atom is -0.354 e. The highest BCUT2D eigenvalue weighted by atomic mass is 15.4. The summed E-state index contributed by atoms with van der Waals surface area (Å²) in [6.07, 6.45) is 2.57. The maximum atomic E-state index is 9.29. The van der Waals surface area contributed by atoms with Crippen LogP contribution in [0, 0.1) is 24.2 Å². The van der Waals surface area contributed by atoms with Crippen LogP contribution in [0.1, 0.15) is 24.1 Å². The molecule has 1 aromatic rings. The van der Waals surface area contributed by atoms with Crippen molar-refractivity contribution in [3.05, 3.63) is 11.3 Å². The number of piperidine rings is 1. The summed E-state index contributed by atoms with van der Waals surface area (Å²) in [5, 5.41) is 17.3. The third-order valence-corrected chi connectivity index (χ3v) is 4.20. The molecule has 0 spiro atoms. The maximum Gasteiger partial charge on any atom is 0.145 e. The number of nitriles is 1. The molecule has 2 aliphatic rings. The molecule has 18 heavy (non-hydrogen) atoms. The summed E-state index contributed by atoms with van der Waals surface area (Å²) in [4.78, 5) is 2.33. The molecule has 0 unspecified atom stereocenters. The Labute approximate surface area is 107 Å². The highest BCUT2D eigenvalue weighted by Gasteiger charge is 2.36. The number of aromatic nitrogens is 2. The molecule has 2 fully saturated rings. The molecule has 3 rings (SSSR count). The fourth-order valence-corrected chi connectivity index (χ4v) is 3.36. The van der Waals surface area contributed by atoms with Crippen molar-refractivity contribution in [2.24, 2.45) is 13.0 Å². The molecule has 0 aromatic carbocycles. The molecule has 0 aliphatic carbocycles. The van der Waals surface area contributed by atoms with Gasteiger partial charge in [0.2, 0.25) is 0 Å². The van der Waals surface area contributed by atoms with Gasteiger partial charge in [-0.2, -0.15) is 10.4 Å². The fourth-order valence-electron chi connectivity index (χ4n) is 3.36. The second-order valence-electron chi connectivity index (χ2n) is 5.39. The minimum atomic E-state index is 0.584. The SMILES string of the molecule is Cc1nn(C)c(N2C[C@@H]3CCCN[C@@H]3C2)c1C#N. The van der Waals surface area contributed by atoms with Crippen LogP contribution in [0.3, 0.4) is 0 Å². The van der Waals surface area contributed by atoms with E-state index in [0.717, 1.165) is 42.6 Å². The number of rotatable bonds is 1. The molecule has 0 saturated carbocycles. The summed E-state index contributed by atoms with van der Waals surface area (Å²) in [6, 6.07) is 2.88. The molecule has 1 N–H and O–H groups in total. The molecule has 0 radical (unpaired) electrons. The molecule has 1 aromatic heterocycles. The molecule has 2 atom stereocenters. The van der Waals surface area contributed by atoms with Gasteiger partial charge in [-0.1, -0.05) is 0 Å². The molecule has 96 valence electrons. The maximum absolute atomic E-state index is 9.29. The van der Waals surface area contributed by atoms with Crippen molar-refractivity contribution in [2.75, 3.05) is 24.5 Å². The number of nitrogens with zero attached hydrogens (tertiary/aromatic N) is 4. The van der Waals surface area contributed by atoms with E-state index >= 15 is 0 Å². The molecular weight excluding hydrogens is 226 g/mol. The lowest BCUT2D eigenvalue weighted by Crippen LogP contribution is -2.40. The third kappa shape index (κ3) is 1.68. The van der Waals surface area contributed by atoms with E-state index in [-0.39, 0.29) is 0 Å². The number of anilines is 1. The summed E-state index contributed by atoms with van der Waals surface area (Å²) in [7, 11) is 1.93. The zero-order chi connectivity index (χ0) is 12.7. The zero-order valence-corrected chi connectivity index (χ0v) is 11.0. The molecule has 5 heteroatoms. The largest absolute Gasteiger partial charge is 0.354 e. The highest BCUT2D eigenvalue weighted by molar-refractivity contribution is 5.57. The Morgan fingerprint density at radius 2 is 2.28 bits per heavy atom. The Morgan fingerprint density at radius 1 is 1.44 bits per heavy atom. The first-order valence-electron chi connectivity index (χ1n) is 6.62. The average Bonchev–Trinajstić information content (AvgIpc) is 2.88. The van der Waals surface area contributed by atoms with Gasteiger partial charge in [0.05, 0.1) is 5.69 Å². The van der Waals surface area contributed by atoms with E-state index in [0.29, 0.717) is 6.04 Å². The first-order chi connectivity index (χ1) is 8.70. The van der Waals surface area contributed by atoms with Gasteiger partial charge < -0.3 is 10.2 Å². The van der Waals surface area contributed by atoms with E-state index in [1.807, 2.05) is 18.7 Å². The van der Waals surface area contributed by atoms with Gasteiger partial charge in [-0.05, 0) is 32.2 Å². The molecule has 2 aliphatic heterocycles. The first kappa shape index (κ1) is 11.5. The minimum absolute atomic E-state index is 0.584. The van der Waals surface area contributed by atoms with Gasteiger partial charge in [0.1, 0.15) is 17.5 Å². The topological polar surface area (TPSA) is 56.9 Å². The van der Waals surface area contributed by atoms with Crippen LogP contribution in [0.4, 0.5) is 5.82 Å². The van der Waals surface area contributed by atoms with E-state index < -0.39 is 0 Å². The van der Waals surface area contributed by atoms with Gasteiger partial charge in [0, 0.05) is 26.2 Å². The van der Waals surface area contributed by atoms with Gasteiger partial charge in [-0.25, -0.2) is 0 Å². The average molecular weight is 245 g/mol. The summed E-state index contributed by atoms with van der Waals surface area (Å²) < 4.78 is 1.85. The lowest BCUT2D eigenvalue weighted by Gasteiger charge is -2.24. The van der Waals surface area contributed by atoms with E-state index in [9.17, 15) is 5.26 Å². The Bertz CT molecular complexity index is 484. The summed E-state index contributed by atoms with van der Waals surface area (Å²) in [5.74, 6) is 1.71. The fraction of sp³-hybridized carbons (Fsp3) is 0.692. The molecular formula is C13H19N5. The Morgan fingerprint density at radius 3 is 3.00 bits per heavy atom.